The number of Topliss-reactive ketones (excluding diaryl/α,β-unsaturated/α-hetero) is 1. The molecule has 0 aromatic rings. The number of carbonyl (C=O) groups is 1. The van der Waals surface area contributed by atoms with E-state index in [4.69, 9.17) is 0 Å². The van der Waals surface area contributed by atoms with Gasteiger partial charge in [0.1, 0.15) is 0 Å². The number of rotatable bonds is 1. The first kappa shape index (κ1) is 14.2. The van der Waals surface area contributed by atoms with Gasteiger partial charge in [-0.2, -0.15) is 0 Å². The van der Waals surface area contributed by atoms with Crippen molar-refractivity contribution in [1.29, 1.82) is 0 Å². The van der Waals surface area contributed by atoms with E-state index in [0.717, 1.165) is 31.8 Å². The van der Waals surface area contributed by atoms with Crippen molar-refractivity contribution in [3.05, 3.63) is 36.0 Å². The van der Waals surface area contributed by atoms with Crippen molar-refractivity contribution in [3.8, 4) is 0 Å². The van der Waals surface area contributed by atoms with Crippen LogP contribution in [-0.2, 0) is 4.79 Å². The Hall–Kier alpha value is -1.19. The zero-order chi connectivity index (χ0) is 15.4. The Morgan fingerprint density at radius 3 is 2.83 bits per heavy atom. The number of carbonyl (C=O) groups excluding carboxylic acids is 1. The lowest BCUT2D eigenvalue weighted by Gasteiger charge is -2.53. The third-order valence-corrected chi connectivity index (χ3v) is 7.16. The Labute approximate surface area is 138 Å². The Bertz CT molecular complexity index is 611. The van der Waals surface area contributed by atoms with Crippen LogP contribution in [0.25, 0.3) is 0 Å². The minimum Gasteiger partial charge on any atom is -0.307 e. The lowest BCUT2D eigenvalue weighted by Crippen LogP contribution is -2.65. The van der Waals surface area contributed by atoms with Crippen LogP contribution < -0.4 is 5.32 Å². The first-order valence-corrected chi connectivity index (χ1v) is 9.35. The molecule has 23 heavy (non-hydrogen) atoms. The van der Waals surface area contributed by atoms with Gasteiger partial charge in [0.05, 0.1) is 11.5 Å². The largest absolute Gasteiger partial charge is 0.307 e. The average Bonchev–Trinajstić information content (AvgIpc) is 2.62. The summed E-state index contributed by atoms with van der Waals surface area (Å²) in [6.45, 7) is 4.59. The molecule has 4 atom stereocenters. The molecule has 0 aromatic carbocycles. The first-order chi connectivity index (χ1) is 11.3. The van der Waals surface area contributed by atoms with Crippen molar-refractivity contribution < 1.29 is 4.79 Å². The molecule has 4 saturated heterocycles. The minimum absolute atomic E-state index is 0.0528. The standard InChI is InChI=1S/C20H26N2O/c23-19-18(17-13-22-10-7-14(17)8-11-22)21-12-16-6-3-5-15-4-1-2-9-20(15,16)19/h1-2,4-5,9,14,16-18,21H,3,6-8,10-13H2/t16?,17-,18?,20?/m1/s1. The maximum absolute atomic E-state index is 13.7. The van der Waals surface area contributed by atoms with Crippen LogP contribution in [0.3, 0.4) is 0 Å². The molecule has 6 rings (SSSR count). The molecular formula is C20H26N2O. The summed E-state index contributed by atoms with van der Waals surface area (Å²) < 4.78 is 0. The van der Waals surface area contributed by atoms with Crippen LogP contribution in [0.5, 0.6) is 0 Å². The molecule has 4 heterocycles. The van der Waals surface area contributed by atoms with Gasteiger partial charge in [-0.05, 0) is 62.1 Å². The molecule has 2 aliphatic carbocycles. The molecule has 0 amide bonds. The van der Waals surface area contributed by atoms with E-state index < -0.39 is 0 Å². The molecule has 3 unspecified atom stereocenters. The fourth-order valence-corrected chi connectivity index (χ4v) is 5.92. The van der Waals surface area contributed by atoms with Gasteiger partial charge in [0, 0.05) is 13.1 Å². The SMILES string of the molecule is O=C1C([C@@H]2CN3CCC2CC3)NCC2CCC=C3C=CC=CC132. The summed E-state index contributed by atoms with van der Waals surface area (Å²) in [5, 5.41) is 3.69. The molecule has 0 aromatic heterocycles. The number of nitrogens with one attached hydrogen (secondary N) is 1. The Kier molecular flexibility index (Phi) is 3.18. The number of allylic oxidation sites excluding steroid dienone is 6. The van der Waals surface area contributed by atoms with E-state index in [0.29, 0.717) is 17.6 Å². The van der Waals surface area contributed by atoms with Gasteiger partial charge in [-0.25, -0.2) is 0 Å². The second-order valence-electron chi connectivity index (χ2n) is 8.07. The lowest BCUT2D eigenvalue weighted by atomic mass is 9.56. The van der Waals surface area contributed by atoms with Crippen LogP contribution in [0.1, 0.15) is 25.7 Å². The fourth-order valence-electron chi connectivity index (χ4n) is 5.92. The predicted octanol–water partition coefficient (Wildman–Crippen LogP) is 2.32. The van der Waals surface area contributed by atoms with E-state index in [2.05, 4.69) is 40.6 Å². The van der Waals surface area contributed by atoms with Gasteiger partial charge < -0.3 is 10.2 Å². The molecule has 4 fully saturated rings. The van der Waals surface area contributed by atoms with Gasteiger partial charge >= 0.3 is 0 Å². The van der Waals surface area contributed by atoms with Crippen molar-refractivity contribution in [2.75, 3.05) is 26.2 Å². The third-order valence-electron chi connectivity index (χ3n) is 7.16. The highest BCUT2D eigenvalue weighted by Gasteiger charge is 2.55. The van der Waals surface area contributed by atoms with Crippen molar-refractivity contribution >= 4 is 5.78 Å². The maximum Gasteiger partial charge on any atom is 0.164 e. The number of ketones is 1. The van der Waals surface area contributed by atoms with Gasteiger partial charge in [-0.1, -0.05) is 30.4 Å². The summed E-state index contributed by atoms with van der Waals surface area (Å²) in [5.41, 5.74) is 0.948. The average molecular weight is 310 g/mol. The predicted molar refractivity (Wildman–Crippen MR) is 91.0 cm³/mol. The molecule has 3 nitrogen and oxygen atoms in total. The second kappa shape index (κ2) is 5.15. The van der Waals surface area contributed by atoms with Gasteiger partial charge in [-0.15, -0.1) is 0 Å². The van der Waals surface area contributed by atoms with Crippen molar-refractivity contribution in [1.82, 2.24) is 10.2 Å². The van der Waals surface area contributed by atoms with Gasteiger partial charge in [-0.3, -0.25) is 4.79 Å². The smallest absolute Gasteiger partial charge is 0.164 e. The maximum atomic E-state index is 13.7. The highest BCUT2D eigenvalue weighted by molar-refractivity contribution is 5.97. The highest BCUT2D eigenvalue weighted by atomic mass is 16.1. The van der Waals surface area contributed by atoms with Crippen LogP contribution in [0.15, 0.2) is 36.0 Å². The summed E-state index contributed by atoms with van der Waals surface area (Å²) >= 11 is 0. The quantitative estimate of drug-likeness (QED) is 0.807. The Morgan fingerprint density at radius 1 is 1.17 bits per heavy atom. The number of hydrogen-bond donors (Lipinski definition) is 1. The normalized spacial score (nSPS) is 47.9. The molecule has 0 radical (unpaired) electrons. The summed E-state index contributed by atoms with van der Waals surface area (Å²) in [4.78, 5) is 16.3. The molecular weight excluding hydrogens is 284 g/mol. The van der Waals surface area contributed by atoms with Crippen molar-refractivity contribution in [3.63, 3.8) is 0 Å². The van der Waals surface area contributed by atoms with E-state index in [-0.39, 0.29) is 11.5 Å². The summed E-state index contributed by atoms with van der Waals surface area (Å²) in [5.74, 6) is 2.16. The summed E-state index contributed by atoms with van der Waals surface area (Å²) in [7, 11) is 0. The second-order valence-corrected chi connectivity index (χ2v) is 8.07. The topological polar surface area (TPSA) is 32.3 Å². The monoisotopic (exact) mass is 310 g/mol. The zero-order valence-corrected chi connectivity index (χ0v) is 13.7. The van der Waals surface area contributed by atoms with Crippen LogP contribution in [0, 0.1) is 23.2 Å². The van der Waals surface area contributed by atoms with E-state index >= 15 is 0 Å². The molecule has 2 bridgehead atoms. The highest BCUT2D eigenvalue weighted by Crippen LogP contribution is 2.50. The van der Waals surface area contributed by atoms with E-state index in [1.54, 1.807) is 0 Å². The molecule has 1 spiro atoms. The van der Waals surface area contributed by atoms with Crippen LogP contribution in [0.4, 0.5) is 0 Å². The summed E-state index contributed by atoms with van der Waals surface area (Å²) in [6.07, 6.45) is 15.7. The fraction of sp³-hybridized carbons (Fsp3) is 0.650. The van der Waals surface area contributed by atoms with Crippen molar-refractivity contribution in [2.45, 2.75) is 31.7 Å². The molecule has 6 aliphatic rings. The first-order valence-electron chi connectivity index (χ1n) is 9.35. The molecule has 4 aliphatic heterocycles. The van der Waals surface area contributed by atoms with E-state index in [1.807, 2.05) is 0 Å². The Balaban J connectivity index is 1.51. The van der Waals surface area contributed by atoms with Crippen molar-refractivity contribution in [2.24, 2.45) is 23.2 Å². The zero-order valence-electron chi connectivity index (χ0n) is 13.7. The third kappa shape index (κ3) is 1.93. The molecule has 0 saturated carbocycles. The van der Waals surface area contributed by atoms with E-state index in [1.165, 1.54) is 31.5 Å². The van der Waals surface area contributed by atoms with Gasteiger partial charge in [0.25, 0.3) is 0 Å². The number of hydrogen-bond acceptors (Lipinski definition) is 3. The van der Waals surface area contributed by atoms with E-state index in [9.17, 15) is 4.79 Å². The van der Waals surface area contributed by atoms with Crippen LogP contribution in [-0.4, -0.2) is 42.9 Å². The van der Waals surface area contributed by atoms with Gasteiger partial charge in [0.2, 0.25) is 0 Å². The summed E-state index contributed by atoms with van der Waals surface area (Å²) in [6, 6.07) is 0.0528. The number of piperidine rings is 4. The number of nitrogens with zero attached hydrogens (tertiary/aromatic N) is 1. The minimum atomic E-state index is -0.324. The van der Waals surface area contributed by atoms with Gasteiger partial charge in [0.15, 0.2) is 5.78 Å². The van der Waals surface area contributed by atoms with Crippen LogP contribution >= 0.6 is 0 Å². The number of fused-ring (bicyclic) bond motifs is 3. The van der Waals surface area contributed by atoms with Crippen LogP contribution in [0.2, 0.25) is 0 Å². The molecule has 1 N–H and O–H groups in total. The Morgan fingerprint density at radius 2 is 2.04 bits per heavy atom. The molecule has 122 valence electrons. The molecule has 3 heteroatoms. The lowest BCUT2D eigenvalue weighted by molar-refractivity contribution is -0.136.